The van der Waals surface area contributed by atoms with Gasteiger partial charge in [0.15, 0.2) is 16.3 Å². The quantitative estimate of drug-likeness (QED) is 0.131. The van der Waals surface area contributed by atoms with E-state index in [2.05, 4.69) is 41.4 Å². The average molecular weight is 778 g/mol. The van der Waals surface area contributed by atoms with E-state index in [4.69, 9.17) is 37.4 Å². The Morgan fingerprint density at radius 3 is 2.49 bits per heavy atom. The third-order valence-corrected chi connectivity index (χ3v) is 9.88. The molecule has 234 valence electrons. The van der Waals surface area contributed by atoms with Crippen molar-refractivity contribution in [2.24, 2.45) is 4.99 Å². The summed E-state index contributed by atoms with van der Waals surface area (Å²) < 4.78 is 20.1. The van der Waals surface area contributed by atoms with Crippen LogP contribution in [-0.2, 0) is 16.1 Å². The van der Waals surface area contributed by atoms with Crippen molar-refractivity contribution >= 4 is 69.2 Å². The van der Waals surface area contributed by atoms with Gasteiger partial charge in [0, 0.05) is 0 Å². The minimum atomic E-state index is -0.671. The van der Waals surface area contributed by atoms with E-state index in [0.29, 0.717) is 48.1 Å². The molecule has 0 spiro atoms. The molecule has 7 nitrogen and oxygen atoms in total. The Labute approximate surface area is 288 Å². The molecule has 0 bridgehead atoms. The number of carbonyl (C=O) groups is 1. The van der Waals surface area contributed by atoms with Gasteiger partial charge < -0.3 is 14.2 Å². The lowest BCUT2D eigenvalue weighted by molar-refractivity contribution is -0.139. The van der Waals surface area contributed by atoms with Crippen LogP contribution >= 0.6 is 57.1 Å². The predicted octanol–water partition coefficient (Wildman–Crippen LogP) is 7.42. The van der Waals surface area contributed by atoms with Crippen molar-refractivity contribution in [1.29, 1.82) is 0 Å². The Balaban J connectivity index is 1.56. The van der Waals surface area contributed by atoms with E-state index in [1.165, 1.54) is 11.3 Å². The Hall–Kier alpha value is -3.12. The van der Waals surface area contributed by atoms with Crippen molar-refractivity contribution in [3.05, 3.63) is 121 Å². The molecule has 0 unspecified atom stereocenters. The van der Waals surface area contributed by atoms with Gasteiger partial charge in [-0.2, -0.15) is 0 Å². The van der Waals surface area contributed by atoms with Crippen LogP contribution in [0.5, 0.6) is 11.5 Å². The van der Waals surface area contributed by atoms with E-state index in [1.54, 1.807) is 43.7 Å². The number of carbonyl (C=O) groups excluding carboxylic acids is 1. The molecule has 1 atom stereocenters. The lowest BCUT2D eigenvalue weighted by Crippen LogP contribution is -2.39. The molecular formula is C34H31Cl2IN2O5S. The number of fused-ring (bicyclic) bond motifs is 1. The molecule has 0 aliphatic carbocycles. The fourth-order valence-electron chi connectivity index (χ4n) is 5.07. The van der Waals surface area contributed by atoms with Gasteiger partial charge in [0.2, 0.25) is 0 Å². The summed E-state index contributed by atoms with van der Waals surface area (Å²) in [5.41, 5.74) is 4.22. The monoisotopic (exact) mass is 776 g/mol. The number of hydrogen-bond donors (Lipinski definition) is 0. The van der Waals surface area contributed by atoms with Gasteiger partial charge in [0.1, 0.15) is 6.61 Å². The molecule has 3 aromatic carbocycles. The first-order valence-electron chi connectivity index (χ1n) is 14.3. The van der Waals surface area contributed by atoms with Crippen molar-refractivity contribution < 1.29 is 19.0 Å². The third kappa shape index (κ3) is 7.01. The second kappa shape index (κ2) is 14.1. The Morgan fingerprint density at radius 2 is 1.84 bits per heavy atom. The summed E-state index contributed by atoms with van der Waals surface area (Å²) in [6, 6.07) is 16.4. The third-order valence-electron chi connectivity index (χ3n) is 7.35. The number of rotatable bonds is 9. The largest absolute Gasteiger partial charge is 0.493 e. The highest BCUT2D eigenvalue weighted by molar-refractivity contribution is 14.1. The maximum atomic E-state index is 14.1. The van der Waals surface area contributed by atoms with E-state index in [1.807, 2.05) is 42.5 Å². The summed E-state index contributed by atoms with van der Waals surface area (Å²) >= 11 is 15.7. The summed E-state index contributed by atoms with van der Waals surface area (Å²) in [6.07, 6.45) is 1.81. The minimum absolute atomic E-state index is 0.215. The molecule has 0 amide bonds. The number of esters is 1. The normalized spacial score (nSPS) is 14.8. The van der Waals surface area contributed by atoms with E-state index in [9.17, 15) is 9.59 Å². The van der Waals surface area contributed by atoms with Crippen LogP contribution in [0.1, 0.15) is 61.9 Å². The fourth-order valence-corrected chi connectivity index (χ4v) is 7.22. The van der Waals surface area contributed by atoms with Crippen LogP contribution < -0.4 is 24.4 Å². The van der Waals surface area contributed by atoms with Crippen molar-refractivity contribution in [2.75, 3.05) is 13.7 Å². The van der Waals surface area contributed by atoms with Gasteiger partial charge in [0.05, 0.1) is 49.2 Å². The van der Waals surface area contributed by atoms with E-state index in [-0.39, 0.29) is 18.8 Å². The summed E-state index contributed by atoms with van der Waals surface area (Å²) in [4.78, 5) is 32.5. The van der Waals surface area contributed by atoms with Crippen LogP contribution in [0.4, 0.5) is 0 Å². The highest BCUT2D eigenvalue weighted by Gasteiger charge is 2.33. The maximum Gasteiger partial charge on any atom is 0.338 e. The van der Waals surface area contributed by atoms with Gasteiger partial charge in [-0.1, -0.05) is 78.7 Å². The molecule has 0 saturated heterocycles. The standard InChI is InChI=1S/C34H31Cl2IN2O5S/c1-6-43-33(41)29-19(4)38-34-39(30(29)23-10-8-22(9-11-23)18(2)3)32(40)28(45-34)16-21-14-26(37)31(27(15-21)42-5)44-17-20-7-12-24(35)25(36)13-20/h7-16,18,30H,6,17H2,1-5H3/b28-16+/t30-/m0/s1. The zero-order valence-electron chi connectivity index (χ0n) is 25.3. The predicted molar refractivity (Wildman–Crippen MR) is 187 cm³/mol. The number of benzene rings is 3. The highest BCUT2D eigenvalue weighted by Crippen LogP contribution is 2.36. The van der Waals surface area contributed by atoms with E-state index >= 15 is 0 Å². The van der Waals surface area contributed by atoms with Crippen LogP contribution in [0.25, 0.3) is 6.08 Å². The number of aromatic nitrogens is 1. The van der Waals surface area contributed by atoms with Crippen molar-refractivity contribution in [2.45, 2.75) is 46.3 Å². The molecule has 5 rings (SSSR count). The molecule has 0 N–H and O–H groups in total. The number of thiazole rings is 1. The molecular weight excluding hydrogens is 746 g/mol. The molecule has 45 heavy (non-hydrogen) atoms. The number of halogens is 3. The van der Waals surface area contributed by atoms with Crippen LogP contribution in [0, 0.1) is 3.57 Å². The number of allylic oxidation sites excluding steroid dienone is 1. The van der Waals surface area contributed by atoms with Crippen LogP contribution in [-0.4, -0.2) is 24.3 Å². The molecule has 0 radical (unpaired) electrons. The summed E-state index contributed by atoms with van der Waals surface area (Å²) in [5, 5.41) is 0.931. The van der Waals surface area contributed by atoms with E-state index < -0.39 is 12.0 Å². The molecule has 1 aliphatic rings. The summed E-state index contributed by atoms with van der Waals surface area (Å²) in [7, 11) is 1.57. The van der Waals surface area contributed by atoms with Crippen LogP contribution in [0.3, 0.4) is 0 Å². The van der Waals surface area contributed by atoms with Crippen LogP contribution in [0.2, 0.25) is 10.0 Å². The zero-order valence-corrected chi connectivity index (χ0v) is 29.8. The van der Waals surface area contributed by atoms with Gasteiger partial charge in [-0.3, -0.25) is 9.36 Å². The summed E-state index contributed by atoms with van der Waals surface area (Å²) in [5.74, 6) is 0.948. The number of methoxy groups -OCH3 is 1. The first-order chi connectivity index (χ1) is 21.5. The second-order valence-corrected chi connectivity index (χ2v) is 13.7. The Kier molecular flexibility index (Phi) is 10.4. The Bertz CT molecular complexity index is 1980. The van der Waals surface area contributed by atoms with Crippen molar-refractivity contribution in [1.82, 2.24) is 4.57 Å². The minimum Gasteiger partial charge on any atom is -0.493 e. The van der Waals surface area contributed by atoms with Crippen molar-refractivity contribution in [3.63, 3.8) is 0 Å². The van der Waals surface area contributed by atoms with Gasteiger partial charge in [-0.05, 0) is 95.0 Å². The lowest BCUT2D eigenvalue weighted by atomic mass is 9.93. The first kappa shape index (κ1) is 33.2. The highest BCUT2D eigenvalue weighted by atomic mass is 127. The summed E-state index contributed by atoms with van der Waals surface area (Å²) in [6.45, 7) is 8.26. The maximum absolute atomic E-state index is 14.1. The Morgan fingerprint density at radius 1 is 1.11 bits per heavy atom. The molecule has 0 fully saturated rings. The van der Waals surface area contributed by atoms with Gasteiger partial charge >= 0.3 is 5.97 Å². The molecule has 0 saturated carbocycles. The van der Waals surface area contributed by atoms with Gasteiger partial charge in [-0.15, -0.1) is 0 Å². The van der Waals surface area contributed by atoms with Gasteiger partial charge in [-0.25, -0.2) is 9.79 Å². The smallest absolute Gasteiger partial charge is 0.338 e. The van der Waals surface area contributed by atoms with Gasteiger partial charge in [0.25, 0.3) is 5.56 Å². The average Bonchev–Trinajstić information content (AvgIpc) is 3.31. The van der Waals surface area contributed by atoms with Crippen LogP contribution in [0.15, 0.2) is 75.7 Å². The topological polar surface area (TPSA) is 79.1 Å². The molecule has 1 aromatic heterocycles. The SMILES string of the molecule is CCOC(=O)C1=C(C)N=c2s/c(=C/c3cc(I)c(OCc4ccc(Cl)c(Cl)c4)c(OC)c3)c(=O)n2[C@H]1c1ccc(C(C)C)cc1. The molecule has 4 aromatic rings. The molecule has 2 heterocycles. The first-order valence-corrected chi connectivity index (χ1v) is 16.9. The van der Waals surface area contributed by atoms with Crippen molar-refractivity contribution in [3.8, 4) is 11.5 Å². The number of nitrogens with zero attached hydrogens (tertiary/aromatic N) is 2. The lowest BCUT2D eigenvalue weighted by Gasteiger charge is -2.25. The zero-order chi connectivity index (χ0) is 32.4. The molecule has 1 aliphatic heterocycles. The molecule has 11 heteroatoms. The number of ether oxygens (including phenoxy) is 3. The fraction of sp³-hybridized carbons (Fsp3) is 0.265. The second-order valence-electron chi connectivity index (χ2n) is 10.7. The van der Waals surface area contributed by atoms with E-state index in [0.717, 1.165) is 25.8 Å². The number of hydrogen-bond acceptors (Lipinski definition) is 7.